The van der Waals surface area contributed by atoms with Gasteiger partial charge in [0, 0.05) is 12.8 Å². The van der Waals surface area contributed by atoms with Crippen molar-refractivity contribution < 1.29 is 86.0 Å². The zero-order chi connectivity index (χ0) is 61.6. The molecule has 0 unspecified atom stereocenters. The van der Waals surface area contributed by atoms with Gasteiger partial charge in [-0.3, -0.25) is 47.9 Å². The van der Waals surface area contributed by atoms with Crippen molar-refractivity contribution in [3.8, 4) is 0 Å². The van der Waals surface area contributed by atoms with Crippen LogP contribution in [-0.2, 0) is 87.8 Å². The lowest BCUT2D eigenvalue weighted by molar-refractivity contribution is -0.162. The minimum atomic E-state index is -1.89. The zero-order valence-corrected chi connectivity index (χ0v) is 49.1. The number of hydrogen-bond acceptors (Lipinski definition) is 18. The lowest BCUT2D eigenvalue weighted by Gasteiger charge is -2.29. The van der Waals surface area contributed by atoms with E-state index in [1.54, 1.807) is 134 Å². The van der Waals surface area contributed by atoms with Gasteiger partial charge in [-0.25, -0.2) is 9.59 Å². The maximum atomic E-state index is 14.4. The summed E-state index contributed by atoms with van der Waals surface area (Å²) in [6.07, 6.45) is -4.46. The van der Waals surface area contributed by atoms with E-state index in [1.807, 2.05) is 0 Å². The van der Waals surface area contributed by atoms with Crippen LogP contribution in [0.3, 0.4) is 0 Å². The molecule has 0 saturated heterocycles. The molecule has 1 aromatic rings. The minimum Gasteiger partial charge on any atom is -0.460 e. The van der Waals surface area contributed by atoms with E-state index < -0.39 is 181 Å². The van der Waals surface area contributed by atoms with Crippen LogP contribution in [0, 0.1) is 0 Å². The highest BCUT2D eigenvalue weighted by Gasteiger charge is 2.37. The second-order valence-corrected chi connectivity index (χ2v) is 23.7. The average molecular weight is 1140 g/mol. The average Bonchev–Trinajstić information content (AvgIpc) is 3.28. The predicted molar refractivity (Wildman–Crippen MR) is 288 cm³/mol. The number of carbonyl (C=O) groups is 12. The number of nitrogens with one attached hydrogen (secondary N) is 7. The Morgan fingerprint density at radius 3 is 1.36 bits per heavy atom. The molecule has 0 spiro atoms. The Morgan fingerprint density at radius 1 is 0.475 bits per heavy atom. The van der Waals surface area contributed by atoms with Crippen LogP contribution in [0.15, 0.2) is 30.3 Å². The molecule has 26 heteroatoms. The Morgan fingerprint density at radius 2 is 0.900 bits per heavy atom. The zero-order valence-electron chi connectivity index (χ0n) is 49.1. The van der Waals surface area contributed by atoms with Crippen molar-refractivity contribution in [2.45, 2.75) is 220 Å². The van der Waals surface area contributed by atoms with Crippen molar-refractivity contribution in [2.24, 2.45) is 5.73 Å². The molecule has 8 amide bonds. The lowest BCUT2D eigenvalue weighted by atomic mass is 10.1. The van der Waals surface area contributed by atoms with E-state index in [0.29, 0.717) is 5.56 Å². The monoisotopic (exact) mass is 1130 g/mol. The van der Waals surface area contributed by atoms with E-state index in [1.165, 1.54) is 6.92 Å². The highest BCUT2D eigenvalue weighted by molar-refractivity contribution is 5.98. The number of carbonyl (C=O) groups excluding carboxylic acids is 12. The number of primary amides is 1. The first kappa shape index (κ1) is 70.6. The van der Waals surface area contributed by atoms with Gasteiger partial charge in [-0.1, -0.05) is 30.3 Å². The van der Waals surface area contributed by atoms with E-state index in [4.69, 9.17) is 34.2 Å². The van der Waals surface area contributed by atoms with Crippen molar-refractivity contribution in [2.75, 3.05) is 13.2 Å². The Balaban J connectivity index is 3.57. The van der Waals surface area contributed by atoms with Gasteiger partial charge in [0.15, 0.2) is 6.04 Å². The fourth-order valence-electron chi connectivity index (χ4n) is 6.56. The second-order valence-electron chi connectivity index (χ2n) is 23.7. The summed E-state index contributed by atoms with van der Waals surface area (Å²) in [4.78, 5) is 160. The molecule has 0 radical (unpaired) electrons. The normalized spacial score (nSPS) is 14.1. The van der Waals surface area contributed by atoms with Crippen molar-refractivity contribution in [3.63, 3.8) is 0 Å². The third-order valence-electron chi connectivity index (χ3n) is 9.92. The van der Waals surface area contributed by atoms with Gasteiger partial charge in [0.1, 0.15) is 59.2 Å². The molecule has 450 valence electrons. The first-order valence-corrected chi connectivity index (χ1v) is 26.1. The van der Waals surface area contributed by atoms with Gasteiger partial charge in [-0.2, -0.15) is 0 Å². The number of esters is 4. The second kappa shape index (κ2) is 31.4. The first-order valence-electron chi connectivity index (χ1n) is 26.1. The molecule has 0 bridgehead atoms. The molecule has 9 N–H and O–H groups in total. The van der Waals surface area contributed by atoms with E-state index in [0.717, 1.165) is 0 Å². The molecule has 26 nitrogen and oxygen atoms in total. The Hall–Kier alpha value is -7.38. The van der Waals surface area contributed by atoms with Crippen LogP contribution in [0.5, 0.6) is 0 Å². The van der Waals surface area contributed by atoms with E-state index in [2.05, 4.69) is 37.2 Å². The van der Waals surface area contributed by atoms with Crippen LogP contribution < -0.4 is 43.0 Å². The van der Waals surface area contributed by atoms with Crippen LogP contribution in [0.2, 0.25) is 0 Å². The number of benzene rings is 1. The summed E-state index contributed by atoms with van der Waals surface area (Å²) in [5, 5.41) is 16.6. The van der Waals surface area contributed by atoms with Gasteiger partial charge >= 0.3 is 30.0 Å². The van der Waals surface area contributed by atoms with E-state index >= 15 is 0 Å². The molecule has 0 saturated carbocycles. The first-order chi connectivity index (χ1) is 36.5. The summed E-state index contributed by atoms with van der Waals surface area (Å²) in [7, 11) is 0. The van der Waals surface area contributed by atoms with Crippen LogP contribution in [0.1, 0.15) is 155 Å². The minimum absolute atomic E-state index is 0.167. The maximum Gasteiger partial charge on any atom is 0.408 e. The third-order valence-corrected chi connectivity index (χ3v) is 9.92. The molecule has 6 atom stereocenters. The smallest absolute Gasteiger partial charge is 0.408 e. The summed E-state index contributed by atoms with van der Waals surface area (Å²) >= 11 is 0. The summed E-state index contributed by atoms with van der Waals surface area (Å²) in [6.45, 7) is 24.1. The number of rotatable bonds is 28. The third kappa shape index (κ3) is 32.5. The molecule has 1 rings (SSSR count). The van der Waals surface area contributed by atoms with Gasteiger partial charge in [-0.15, -0.1) is 0 Å². The van der Waals surface area contributed by atoms with Crippen molar-refractivity contribution in [1.82, 2.24) is 37.2 Å². The van der Waals surface area contributed by atoms with Crippen molar-refractivity contribution in [1.29, 1.82) is 0 Å². The molecule has 0 fully saturated rings. The van der Waals surface area contributed by atoms with Crippen LogP contribution >= 0.6 is 0 Å². The van der Waals surface area contributed by atoms with E-state index in [-0.39, 0.29) is 13.2 Å². The van der Waals surface area contributed by atoms with Gasteiger partial charge < -0.3 is 71.4 Å². The standard InChI is InChI=1S/C54H86N8O18/c1-31(57-39(64)28-56-44(69)35(26-38(55)63)62-49(74)75-29-32-20-18-17-19-21-32)43(68)58-33(22-24-40(65)77-51(5,6)7)45(70)60-36(27-42(67)79-53(11,12)13)47(72)59-34(23-25-41(66)78-52(8,9)10)46(71)61-37(30-76-50(2,3)4)48(73)80-54(14,15)16/h17-21,31,33-37H,22-30H2,1-16H3,(H2,55,63)(H,56,69)(H,57,64)(H,58,68)(H,59,72)(H,60,70)(H,61,71)(H,62,74)/t31-,33-,34-,35-,36-,37-/m0/s1. The van der Waals surface area contributed by atoms with Crippen molar-refractivity contribution in [3.05, 3.63) is 35.9 Å². The van der Waals surface area contributed by atoms with Gasteiger partial charge in [0.05, 0.1) is 31.6 Å². The quantitative estimate of drug-likeness (QED) is 0.0438. The Bertz CT molecular complexity index is 2330. The molecule has 0 aliphatic carbocycles. The molecule has 0 aliphatic heterocycles. The molecule has 1 aromatic carbocycles. The van der Waals surface area contributed by atoms with Gasteiger partial charge in [-0.05, 0) is 129 Å². The number of amides is 8. The van der Waals surface area contributed by atoms with Crippen LogP contribution in [-0.4, -0.2) is 149 Å². The number of nitrogens with two attached hydrogens (primary N) is 1. The summed E-state index contributed by atoms with van der Waals surface area (Å²) in [5.74, 6) is -10.7. The molecule has 0 heterocycles. The van der Waals surface area contributed by atoms with Gasteiger partial charge in [0.2, 0.25) is 41.4 Å². The highest BCUT2D eigenvalue weighted by Crippen LogP contribution is 2.16. The van der Waals surface area contributed by atoms with Crippen LogP contribution in [0.4, 0.5) is 4.79 Å². The summed E-state index contributed by atoms with van der Waals surface area (Å²) in [6, 6.07) is -1.16. The largest absolute Gasteiger partial charge is 0.460 e. The SMILES string of the molecule is C[C@H](NC(=O)CNC(=O)[C@H](CC(N)=O)NC(=O)OCc1ccccc1)C(=O)N[C@@H](CCC(=O)OC(C)(C)C)C(=O)N[C@@H](CC(=O)OC(C)(C)C)C(=O)N[C@@H](CCC(=O)OC(C)(C)C)C(=O)N[C@@H](COC(C)(C)C)C(=O)OC(C)(C)C. The number of ether oxygens (including phenoxy) is 6. The predicted octanol–water partition coefficient (Wildman–Crippen LogP) is 1.85. The van der Waals surface area contributed by atoms with Gasteiger partial charge in [0.25, 0.3) is 0 Å². The van der Waals surface area contributed by atoms with Crippen molar-refractivity contribution >= 4 is 71.3 Å². The maximum absolute atomic E-state index is 14.4. The molecule has 0 aliphatic rings. The Labute approximate surface area is 468 Å². The fourth-order valence-corrected chi connectivity index (χ4v) is 6.56. The molecule has 80 heavy (non-hydrogen) atoms. The van der Waals surface area contributed by atoms with E-state index in [9.17, 15) is 57.5 Å². The number of hydrogen-bond donors (Lipinski definition) is 8. The molecular weight excluding hydrogens is 1050 g/mol. The highest BCUT2D eigenvalue weighted by atomic mass is 16.6. The number of alkyl carbamates (subject to hydrolysis) is 1. The topological polar surface area (TPSA) is 370 Å². The van der Waals surface area contributed by atoms with Crippen LogP contribution in [0.25, 0.3) is 0 Å². The lowest BCUT2D eigenvalue weighted by Crippen LogP contribution is -2.59. The fraction of sp³-hybridized carbons (Fsp3) is 0.667. The summed E-state index contributed by atoms with van der Waals surface area (Å²) in [5.41, 5.74) is 1.11. The summed E-state index contributed by atoms with van der Waals surface area (Å²) < 4.78 is 32.7. The molecular formula is C54H86N8O18. The molecule has 0 aromatic heterocycles. The Kier molecular flexibility index (Phi) is 27.7.